The van der Waals surface area contributed by atoms with Crippen molar-refractivity contribution < 1.29 is 25.6 Å². The van der Waals surface area contributed by atoms with E-state index in [1.54, 1.807) is 17.3 Å². The van der Waals surface area contributed by atoms with Crippen molar-refractivity contribution >= 4 is 29.3 Å². The topological polar surface area (TPSA) is 165 Å². The molecule has 0 radical (unpaired) electrons. The standard InChI is InChI=1S/C22H22ClN5O3.2H2O/c23-17-3-1-16(2-4-17)21-20(15-7-9-24-10-8-15)22(26-25-21)28-13-11-27(12-14-28)18(29)5-6-19(30)31;;/h1-4,7-10H,5-6,11-14H2,(H,25,26)(H,30,31);2*1H2. The number of carbonyl (C=O) groups is 2. The molecule has 1 fully saturated rings. The molecule has 3 aromatic rings. The van der Waals surface area contributed by atoms with Crippen LogP contribution in [-0.4, -0.2) is 74.2 Å². The van der Waals surface area contributed by atoms with E-state index in [0.717, 1.165) is 28.2 Å². The van der Waals surface area contributed by atoms with Crippen LogP contribution in [0.15, 0.2) is 48.8 Å². The van der Waals surface area contributed by atoms with Gasteiger partial charge in [0.05, 0.1) is 17.7 Å². The van der Waals surface area contributed by atoms with Gasteiger partial charge in [-0.15, -0.1) is 0 Å². The molecule has 0 saturated carbocycles. The van der Waals surface area contributed by atoms with Crippen molar-refractivity contribution in [2.24, 2.45) is 0 Å². The Kier molecular flexibility index (Phi) is 8.92. The van der Waals surface area contributed by atoms with Gasteiger partial charge >= 0.3 is 5.97 Å². The number of aliphatic carboxylic acids is 1. The molecule has 0 bridgehead atoms. The van der Waals surface area contributed by atoms with Gasteiger partial charge in [-0.05, 0) is 29.8 Å². The lowest BCUT2D eigenvalue weighted by Gasteiger charge is -2.35. The van der Waals surface area contributed by atoms with Gasteiger partial charge in [-0.25, -0.2) is 0 Å². The first-order chi connectivity index (χ1) is 15.0. The van der Waals surface area contributed by atoms with Crippen LogP contribution in [0.2, 0.25) is 5.02 Å². The average Bonchev–Trinajstić information content (AvgIpc) is 3.24. The minimum atomic E-state index is -0.958. The number of H-pyrrole nitrogens is 1. The molecule has 2 aromatic heterocycles. The van der Waals surface area contributed by atoms with Crippen LogP contribution in [0, 0.1) is 0 Å². The van der Waals surface area contributed by atoms with Crippen molar-refractivity contribution in [1.82, 2.24) is 20.1 Å². The fraction of sp³-hybridized carbons (Fsp3) is 0.273. The maximum Gasteiger partial charge on any atom is 0.303 e. The molecule has 1 saturated heterocycles. The van der Waals surface area contributed by atoms with Crippen molar-refractivity contribution in [3.8, 4) is 22.4 Å². The number of pyridine rings is 1. The fourth-order valence-electron chi connectivity index (χ4n) is 3.72. The molecule has 1 aliphatic rings. The Hall–Kier alpha value is -3.47. The number of aromatic amines is 1. The van der Waals surface area contributed by atoms with Crippen LogP contribution in [0.25, 0.3) is 22.4 Å². The first-order valence-electron chi connectivity index (χ1n) is 10.0. The molecule has 4 rings (SSSR count). The van der Waals surface area contributed by atoms with E-state index in [-0.39, 0.29) is 29.7 Å². The number of aromatic nitrogens is 3. The molecule has 1 aromatic carbocycles. The highest BCUT2D eigenvalue weighted by atomic mass is 35.5. The Labute approximate surface area is 195 Å². The van der Waals surface area contributed by atoms with E-state index in [2.05, 4.69) is 20.1 Å². The van der Waals surface area contributed by atoms with Gasteiger partial charge in [0.25, 0.3) is 0 Å². The van der Waals surface area contributed by atoms with Crippen molar-refractivity contribution in [3.63, 3.8) is 0 Å². The van der Waals surface area contributed by atoms with Gasteiger partial charge in [-0.2, -0.15) is 5.10 Å². The number of halogens is 1. The van der Waals surface area contributed by atoms with Crippen molar-refractivity contribution in [3.05, 3.63) is 53.8 Å². The zero-order valence-corrected chi connectivity index (χ0v) is 18.5. The van der Waals surface area contributed by atoms with Crippen LogP contribution in [0.3, 0.4) is 0 Å². The van der Waals surface area contributed by atoms with E-state index in [0.29, 0.717) is 31.2 Å². The highest BCUT2D eigenvalue weighted by molar-refractivity contribution is 6.30. The predicted molar refractivity (Wildman–Crippen MR) is 125 cm³/mol. The maximum absolute atomic E-state index is 12.3. The fourth-order valence-corrected chi connectivity index (χ4v) is 3.84. The van der Waals surface area contributed by atoms with E-state index >= 15 is 0 Å². The van der Waals surface area contributed by atoms with E-state index in [1.807, 2.05) is 36.4 Å². The van der Waals surface area contributed by atoms with E-state index in [9.17, 15) is 9.59 Å². The summed E-state index contributed by atoms with van der Waals surface area (Å²) in [4.78, 5) is 31.0. The number of benzene rings is 1. The third-order valence-electron chi connectivity index (χ3n) is 5.33. The monoisotopic (exact) mass is 475 g/mol. The van der Waals surface area contributed by atoms with Crippen LogP contribution in [0.1, 0.15) is 12.8 Å². The summed E-state index contributed by atoms with van der Waals surface area (Å²) in [5, 5.41) is 17.2. The molecule has 3 heterocycles. The average molecular weight is 476 g/mol. The quantitative estimate of drug-likeness (QED) is 0.549. The van der Waals surface area contributed by atoms with E-state index < -0.39 is 5.97 Å². The summed E-state index contributed by atoms with van der Waals surface area (Å²) in [5.41, 5.74) is 3.81. The zero-order chi connectivity index (χ0) is 21.8. The van der Waals surface area contributed by atoms with Crippen LogP contribution in [0.4, 0.5) is 5.82 Å². The molecule has 11 heteroatoms. The number of rotatable bonds is 6. The predicted octanol–water partition coefficient (Wildman–Crippen LogP) is 1.66. The zero-order valence-electron chi connectivity index (χ0n) is 17.8. The largest absolute Gasteiger partial charge is 0.481 e. The number of nitrogens with one attached hydrogen (secondary N) is 1. The minimum absolute atomic E-state index is 0. The number of hydrogen-bond acceptors (Lipinski definition) is 5. The Morgan fingerprint density at radius 1 is 0.939 bits per heavy atom. The minimum Gasteiger partial charge on any atom is -0.481 e. The number of nitrogens with zero attached hydrogens (tertiary/aromatic N) is 4. The molecule has 0 aliphatic carbocycles. The Balaban J connectivity index is 0.00000193. The second kappa shape index (κ2) is 11.4. The number of carbonyl (C=O) groups excluding carboxylic acids is 1. The van der Waals surface area contributed by atoms with E-state index in [1.165, 1.54) is 0 Å². The van der Waals surface area contributed by atoms with Gasteiger partial charge in [0, 0.05) is 55.6 Å². The number of anilines is 1. The molecule has 0 atom stereocenters. The number of hydrogen-bond donors (Lipinski definition) is 2. The SMILES string of the molecule is O.O.O=C(O)CCC(=O)N1CCN(c2n[nH]c(-c3ccc(Cl)cc3)c2-c2ccncc2)CC1. The molecule has 1 amide bonds. The smallest absolute Gasteiger partial charge is 0.303 e. The molecule has 6 N–H and O–H groups in total. The molecular formula is C22H26ClN5O5. The molecule has 0 unspecified atom stereocenters. The third kappa shape index (κ3) is 5.86. The lowest BCUT2D eigenvalue weighted by atomic mass is 10.0. The summed E-state index contributed by atoms with van der Waals surface area (Å²) >= 11 is 6.05. The lowest BCUT2D eigenvalue weighted by Crippen LogP contribution is -2.49. The summed E-state index contributed by atoms with van der Waals surface area (Å²) in [6, 6.07) is 11.5. The first kappa shape index (κ1) is 25.8. The molecular weight excluding hydrogens is 450 g/mol. The molecule has 33 heavy (non-hydrogen) atoms. The summed E-state index contributed by atoms with van der Waals surface area (Å²) in [6.45, 7) is 2.28. The number of carboxylic acid groups (broad SMARTS) is 1. The number of piperazine rings is 1. The Bertz CT molecular complexity index is 1070. The normalized spacial score (nSPS) is 13.1. The lowest BCUT2D eigenvalue weighted by molar-refractivity contribution is -0.141. The maximum atomic E-state index is 12.3. The van der Waals surface area contributed by atoms with Crippen molar-refractivity contribution in [2.45, 2.75) is 12.8 Å². The second-order valence-electron chi connectivity index (χ2n) is 7.30. The highest BCUT2D eigenvalue weighted by Crippen LogP contribution is 2.38. The van der Waals surface area contributed by atoms with Gasteiger partial charge in [0.1, 0.15) is 0 Å². The van der Waals surface area contributed by atoms with E-state index in [4.69, 9.17) is 16.7 Å². The molecule has 0 spiro atoms. The summed E-state index contributed by atoms with van der Waals surface area (Å²) in [5.74, 6) is -0.269. The highest BCUT2D eigenvalue weighted by Gasteiger charge is 2.26. The van der Waals surface area contributed by atoms with Crippen LogP contribution >= 0.6 is 11.6 Å². The van der Waals surface area contributed by atoms with Gasteiger partial charge in [-0.1, -0.05) is 23.7 Å². The van der Waals surface area contributed by atoms with Gasteiger partial charge in [-0.3, -0.25) is 19.7 Å². The number of amides is 1. The van der Waals surface area contributed by atoms with Crippen molar-refractivity contribution in [2.75, 3.05) is 31.1 Å². The van der Waals surface area contributed by atoms with Crippen LogP contribution < -0.4 is 4.90 Å². The van der Waals surface area contributed by atoms with Crippen molar-refractivity contribution in [1.29, 1.82) is 0 Å². The van der Waals surface area contributed by atoms with Crippen LogP contribution in [0.5, 0.6) is 0 Å². The summed E-state index contributed by atoms with van der Waals surface area (Å²) < 4.78 is 0. The summed E-state index contributed by atoms with van der Waals surface area (Å²) in [7, 11) is 0. The van der Waals surface area contributed by atoms with Gasteiger partial charge < -0.3 is 25.9 Å². The molecule has 10 nitrogen and oxygen atoms in total. The Morgan fingerprint density at radius 2 is 1.58 bits per heavy atom. The molecule has 1 aliphatic heterocycles. The Morgan fingerprint density at radius 3 is 2.18 bits per heavy atom. The second-order valence-corrected chi connectivity index (χ2v) is 7.74. The van der Waals surface area contributed by atoms with Crippen LogP contribution in [-0.2, 0) is 9.59 Å². The van der Waals surface area contributed by atoms with Gasteiger partial charge in [0.15, 0.2) is 5.82 Å². The number of carboxylic acids is 1. The third-order valence-corrected chi connectivity index (χ3v) is 5.59. The summed E-state index contributed by atoms with van der Waals surface area (Å²) in [6.07, 6.45) is 3.38. The molecule has 176 valence electrons. The van der Waals surface area contributed by atoms with Gasteiger partial charge in [0.2, 0.25) is 5.91 Å². The first-order valence-corrected chi connectivity index (χ1v) is 10.4.